The molecule has 1 aliphatic heterocycles. The fraction of sp³-hybridized carbons (Fsp3) is 0.462. The van der Waals surface area contributed by atoms with Crippen molar-refractivity contribution in [3.8, 4) is 0 Å². The maximum atomic E-state index is 13.5. The van der Waals surface area contributed by atoms with E-state index in [0.29, 0.717) is 6.54 Å². The van der Waals surface area contributed by atoms with Crippen molar-refractivity contribution in [3.63, 3.8) is 0 Å². The van der Waals surface area contributed by atoms with E-state index in [0.717, 1.165) is 36.9 Å². The highest BCUT2D eigenvalue weighted by Crippen LogP contribution is 2.11. The molecule has 3 nitrogen and oxygen atoms in total. The Hall–Kier alpha value is -1.20. The predicted octanol–water partition coefficient (Wildman–Crippen LogP) is 1.45. The standard InChI is InChI=1S/C13H18FN3S/c1-15-13(18)17-8-6-16(7-9-17)10-11-4-2-3-5-12(11)14/h2-5H,6-10H2,1H3,(H,15,18). The summed E-state index contributed by atoms with van der Waals surface area (Å²) in [4.78, 5) is 4.40. The van der Waals surface area contributed by atoms with Gasteiger partial charge >= 0.3 is 0 Å². The van der Waals surface area contributed by atoms with Crippen molar-refractivity contribution in [2.45, 2.75) is 6.54 Å². The van der Waals surface area contributed by atoms with E-state index in [-0.39, 0.29) is 5.82 Å². The molecule has 0 atom stereocenters. The van der Waals surface area contributed by atoms with Crippen LogP contribution in [0.15, 0.2) is 24.3 Å². The van der Waals surface area contributed by atoms with Gasteiger partial charge in [-0.05, 0) is 18.3 Å². The van der Waals surface area contributed by atoms with Gasteiger partial charge in [0.25, 0.3) is 0 Å². The number of rotatable bonds is 2. The minimum atomic E-state index is -0.120. The number of nitrogens with one attached hydrogen (secondary N) is 1. The Kier molecular flexibility index (Phi) is 4.49. The van der Waals surface area contributed by atoms with Crippen molar-refractivity contribution in [1.29, 1.82) is 0 Å². The first-order chi connectivity index (χ1) is 8.70. The summed E-state index contributed by atoms with van der Waals surface area (Å²) in [5.41, 5.74) is 0.766. The Bertz CT molecular complexity index is 416. The highest BCUT2D eigenvalue weighted by molar-refractivity contribution is 7.80. The van der Waals surface area contributed by atoms with E-state index in [4.69, 9.17) is 12.2 Å². The molecule has 0 amide bonds. The fourth-order valence-electron chi connectivity index (χ4n) is 2.13. The van der Waals surface area contributed by atoms with Crippen LogP contribution >= 0.6 is 12.2 Å². The normalized spacial score (nSPS) is 16.7. The van der Waals surface area contributed by atoms with Crippen LogP contribution in [0.3, 0.4) is 0 Å². The van der Waals surface area contributed by atoms with Gasteiger partial charge < -0.3 is 10.2 Å². The number of hydrogen-bond donors (Lipinski definition) is 1. The molecule has 1 saturated heterocycles. The van der Waals surface area contributed by atoms with Gasteiger partial charge in [0.2, 0.25) is 0 Å². The summed E-state index contributed by atoms with van der Waals surface area (Å²) in [7, 11) is 1.84. The molecule has 1 aliphatic rings. The van der Waals surface area contributed by atoms with Crippen LogP contribution in [0.25, 0.3) is 0 Å². The van der Waals surface area contributed by atoms with E-state index < -0.39 is 0 Å². The summed E-state index contributed by atoms with van der Waals surface area (Å²) in [5, 5.41) is 3.78. The highest BCUT2D eigenvalue weighted by Gasteiger charge is 2.18. The summed E-state index contributed by atoms with van der Waals surface area (Å²) < 4.78 is 13.5. The zero-order valence-corrected chi connectivity index (χ0v) is 11.3. The van der Waals surface area contributed by atoms with Gasteiger partial charge in [-0.2, -0.15) is 0 Å². The second kappa shape index (κ2) is 6.11. The Morgan fingerprint density at radius 2 is 1.94 bits per heavy atom. The second-order valence-corrected chi connectivity index (χ2v) is 4.80. The Morgan fingerprint density at radius 1 is 1.28 bits per heavy atom. The Labute approximate surface area is 113 Å². The largest absolute Gasteiger partial charge is 0.366 e. The molecule has 1 heterocycles. The molecule has 0 radical (unpaired) electrons. The number of thiocarbonyl (C=S) groups is 1. The molecule has 0 unspecified atom stereocenters. The Balaban J connectivity index is 1.87. The lowest BCUT2D eigenvalue weighted by molar-refractivity contribution is 0.173. The second-order valence-electron chi connectivity index (χ2n) is 4.41. The number of benzene rings is 1. The molecule has 98 valence electrons. The van der Waals surface area contributed by atoms with Gasteiger partial charge in [-0.25, -0.2) is 4.39 Å². The Morgan fingerprint density at radius 3 is 2.56 bits per heavy atom. The monoisotopic (exact) mass is 267 g/mol. The van der Waals surface area contributed by atoms with Gasteiger partial charge in [0.1, 0.15) is 5.82 Å². The maximum absolute atomic E-state index is 13.5. The first-order valence-corrected chi connectivity index (χ1v) is 6.54. The van der Waals surface area contributed by atoms with Crippen LogP contribution in [0.5, 0.6) is 0 Å². The summed E-state index contributed by atoms with van der Waals surface area (Å²) in [6, 6.07) is 6.97. The van der Waals surface area contributed by atoms with Crippen molar-refractivity contribution in [3.05, 3.63) is 35.6 Å². The van der Waals surface area contributed by atoms with E-state index in [1.807, 2.05) is 19.2 Å². The molecule has 1 aromatic rings. The zero-order valence-electron chi connectivity index (χ0n) is 10.5. The van der Waals surface area contributed by atoms with Gasteiger partial charge in [0, 0.05) is 45.3 Å². The third-order valence-electron chi connectivity index (χ3n) is 3.23. The minimum absolute atomic E-state index is 0.120. The highest BCUT2D eigenvalue weighted by atomic mass is 32.1. The molecule has 18 heavy (non-hydrogen) atoms. The molecule has 0 aromatic heterocycles. The number of piperazine rings is 1. The molecule has 1 aromatic carbocycles. The van der Waals surface area contributed by atoms with Crippen LogP contribution in [-0.2, 0) is 6.54 Å². The molecule has 0 saturated carbocycles. The summed E-state index contributed by atoms with van der Waals surface area (Å²) in [6.07, 6.45) is 0. The summed E-state index contributed by atoms with van der Waals surface area (Å²) in [5.74, 6) is -0.120. The fourth-order valence-corrected chi connectivity index (χ4v) is 2.32. The third kappa shape index (κ3) is 3.17. The van der Waals surface area contributed by atoms with Crippen molar-refractivity contribution in [2.24, 2.45) is 0 Å². The molecular formula is C13H18FN3S. The van der Waals surface area contributed by atoms with E-state index in [9.17, 15) is 4.39 Å². The summed E-state index contributed by atoms with van der Waals surface area (Å²) in [6.45, 7) is 4.29. The lowest BCUT2D eigenvalue weighted by Gasteiger charge is -2.35. The topological polar surface area (TPSA) is 18.5 Å². The molecule has 5 heteroatoms. The van der Waals surface area contributed by atoms with Crippen molar-refractivity contribution in [2.75, 3.05) is 33.2 Å². The van der Waals surface area contributed by atoms with Gasteiger partial charge in [-0.15, -0.1) is 0 Å². The van der Waals surface area contributed by atoms with Gasteiger partial charge in [0.05, 0.1) is 0 Å². The van der Waals surface area contributed by atoms with Crippen LogP contribution in [0.4, 0.5) is 4.39 Å². The molecule has 0 bridgehead atoms. The SMILES string of the molecule is CNC(=S)N1CCN(Cc2ccccc2F)CC1. The zero-order chi connectivity index (χ0) is 13.0. The lowest BCUT2D eigenvalue weighted by atomic mass is 10.2. The number of hydrogen-bond acceptors (Lipinski definition) is 2. The minimum Gasteiger partial charge on any atom is -0.366 e. The van der Waals surface area contributed by atoms with Crippen molar-refractivity contribution < 1.29 is 4.39 Å². The van der Waals surface area contributed by atoms with Gasteiger partial charge in [-0.3, -0.25) is 4.90 Å². The van der Waals surface area contributed by atoms with Crippen LogP contribution in [0, 0.1) is 5.82 Å². The smallest absolute Gasteiger partial charge is 0.168 e. The van der Waals surface area contributed by atoms with E-state index >= 15 is 0 Å². The molecule has 1 fully saturated rings. The van der Waals surface area contributed by atoms with Gasteiger partial charge in [-0.1, -0.05) is 18.2 Å². The van der Waals surface area contributed by atoms with Crippen LogP contribution < -0.4 is 5.32 Å². The molecule has 0 aliphatic carbocycles. The van der Waals surface area contributed by atoms with Gasteiger partial charge in [0.15, 0.2) is 5.11 Å². The van der Waals surface area contributed by atoms with Crippen LogP contribution in [0.1, 0.15) is 5.56 Å². The van der Waals surface area contributed by atoms with E-state index in [2.05, 4.69) is 15.1 Å². The molecular weight excluding hydrogens is 249 g/mol. The summed E-state index contributed by atoms with van der Waals surface area (Å²) >= 11 is 5.20. The number of halogens is 1. The van der Waals surface area contributed by atoms with Crippen molar-refractivity contribution >= 4 is 17.3 Å². The van der Waals surface area contributed by atoms with Crippen LogP contribution in [0.2, 0.25) is 0 Å². The van der Waals surface area contributed by atoms with E-state index in [1.165, 1.54) is 6.07 Å². The predicted molar refractivity (Wildman–Crippen MR) is 74.9 cm³/mol. The number of nitrogens with zero attached hydrogens (tertiary/aromatic N) is 2. The maximum Gasteiger partial charge on any atom is 0.168 e. The first-order valence-electron chi connectivity index (χ1n) is 6.13. The average molecular weight is 267 g/mol. The first kappa shape index (κ1) is 13.2. The molecule has 2 rings (SSSR count). The lowest BCUT2D eigenvalue weighted by Crippen LogP contribution is -2.50. The molecule has 0 spiro atoms. The average Bonchev–Trinajstić information content (AvgIpc) is 2.41. The van der Waals surface area contributed by atoms with Crippen LogP contribution in [-0.4, -0.2) is 48.1 Å². The van der Waals surface area contributed by atoms with Crippen molar-refractivity contribution in [1.82, 2.24) is 15.1 Å². The quantitative estimate of drug-likeness (QED) is 0.817. The molecule has 1 N–H and O–H groups in total. The van der Waals surface area contributed by atoms with E-state index in [1.54, 1.807) is 6.07 Å². The third-order valence-corrected chi connectivity index (χ3v) is 3.69.